The Morgan fingerprint density at radius 1 is 1.28 bits per heavy atom. The van der Waals surface area contributed by atoms with Gasteiger partial charge < -0.3 is 10.2 Å². The highest BCUT2D eigenvalue weighted by molar-refractivity contribution is 5.93. The molecular weight excluding hydrogens is 314 g/mol. The molecular formula is C19H25N5O. The number of carbonyl (C=O) groups is 1. The van der Waals surface area contributed by atoms with Crippen molar-refractivity contribution in [2.75, 3.05) is 19.6 Å². The van der Waals surface area contributed by atoms with Gasteiger partial charge in [0.15, 0.2) is 0 Å². The summed E-state index contributed by atoms with van der Waals surface area (Å²) < 4.78 is 0. The third-order valence-electron chi connectivity index (χ3n) is 5.53. The van der Waals surface area contributed by atoms with Gasteiger partial charge in [-0.05, 0) is 62.9 Å². The van der Waals surface area contributed by atoms with Crippen LogP contribution in [0, 0.1) is 5.92 Å². The van der Waals surface area contributed by atoms with Gasteiger partial charge in [0, 0.05) is 30.5 Å². The fourth-order valence-corrected chi connectivity index (χ4v) is 4.23. The zero-order valence-corrected chi connectivity index (χ0v) is 14.4. The van der Waals surface area contributed by atoms with Crippen molar-refractivity contribution >= 4 is 5.91 Å². The molecule has 0 aliphatic carbocycles. The number of nitrogens with zero attached hydrogens (tertiary/aromatic N) is 3. The number of aromatic nitrogens is 3. The van der Waals surface area contributed by atoms with Crippen LogP contribution in [0.15, 0.2) is 30.6 Å². The van der Waals surface area contributed by atoms with Crippen molar-refractivity contribution in [3.8, 4) is 11.3 Å². The summed E-state index contributed by atoms with van der Waals surface area (Å²) in [7, 11) is 0. The third kappa shape index (κ3) is 3.58. The molecule has 4 heterocycles. The lowest BCUT2D eigenvalue weighted by molar-refractivity contribution is 0.0575. The molecule has 132 valence electrons. The molecule has 0 unspecified atom stereocenters. The molecule has 0 aromatic carbocycles. The summed E-state index contributed by atoms with van der Waals surface area (Å²) in [6, 6.07) is 6.24. The second-order valence-electron chi connectivity index (χ2n) is 7.12. The van der Waals surface area contributed by atoms with E-state index in [-0.39, 0.29) is 5.91 Å². The molecule has 1 amide bonds. The largest absolute Gasteiger partial charge is 0.350 e. The number of piperidine rings is 2. The predicted octanol–water partition coefficient (Wildman–Crippen LogP) is 2.47. The minimum Gasteiger partial charge on any atom is -0.350 e. The van der Waals surface area contributed by atoms with Crippen LogP contribution in [0.3, 0.4) is 0 Å². The lowest BCUT2D eigenvalue weighted by atomic mass is 9.83. The number of hydrogen-bond donors (Lipinski definition) is 2. The fourth-order valence-electron chi connectivity index (χ4n) is 4.23. The Hall–Kier alpha value is -2.21. The Morgan fingerprint density at radius 2 is 2.20 bits per heavy atom. The number of pyridine rings is 1. The Balaban J connectivity index is 1.37. The zero-order chi connectivity index (χ0) is 17.1. The Labute approximate surface area is 148 Å². The number of amides is 1. The average molecular weight is 339 g/mol. The first kappa shape index (κ1) is 16.3. The van der Waals surface area contributed by atoms with Crippen molar-refractivity contribution < 1.29 is 4.79 Å². The van der Waals surface area contributed by atoms with Gasteiger partial charge in [-0.15, -0.1) is 0 Å². The first-order valence-electron chi connectivity index (χ1n) is 9.29. The van der Waals surface area contributed by atoms with Crippen LogP contribution in [-0.4, -0.2) is 51.7 Å². The van der Waals surface area contributed by atoms with Crippen LogP contribution in [-0.2, 0) is 0 Å². The molecule has 0 radical (unpaired) electrons. The van der Waals surface area contributed by atoms with Gasteiger partial charge in [0.05, 0.1) is 5.69 Å². The van der Waals surface area contributed by atoms with Crippen molar-refractivity contribution in [1.29, 1.82) is 0 Å². The number of H-pyrrole nitrogens is 1. The Kier molecular flexibility index (Phi) is 4.78. The summed E-state index contributed by atoms with van der Waals surface area (Å²) in [4.78, 5) is 19.2. The summed E-state index contributed by atoms with van der Waals surface area (Å²) in [5, 5.41) is 10.2. The summed E-state index contributed by atoms with van der Waals surface area (Å²) in [6.07, 6.45) is 9.84. The Morgan fingerprint density at radius 3 is 3.08 bits per heavy atom. The second-order valence-corrected chi connectivity index (χ2v) is 7.12. The molecule has 2 aliphatic heterocycles. The first-order chi connectivity index (χ1) is 12.3. The van der Waals surface area contributed by atoms with Crippen molar-refractivity contribution in [2.24, 2.45) is 5.92 Å². The third-order valence-corrected chi connectivity index (χ3v) is 5.53. The molecule has 2 N–H and O–H groups in total. The number of hydrogen-bond acceptors (Lipinski definition) is 4. The van der Waals surface area contributed by atoms with Crippen LogP contribution in [0.2, 0.25) is 0 Å². The van der Waals surface area contributed by atoms with Crippen LogP contribution in [0.4, 0.5) is 0 Å². The summed E-state index contributed by atoms with van der Waals surface area (Å²) in [6.45, 7) is 3.20. The summed E-state index contributed by atoms with van der Waals surface area (Å²) in [5.41, 5.74) is 2.16. The van der Waals surface area contributed by atoms with Crippen molar-refractivity contribution in [2.45, 2.75) is 38.1 Å². The Bertz CT molecular complexity index is 712. The zero-order valence-electron chi connectivity index (χ0n) is 14.4. The quantitative estimate of drug-likeness (QED) is 0.897. The lowest BCUT2D eigenvalue weighted by Crippen LogP contribution is -2.51. The molecule has 2 saturated heterocycles. The van der Waals surface area contributed by atoms with E-state index in [2.05, 4.69) is 25.4 Å². The minimum atomic E-state index is -0.0735. The smallest absolute Gasteiger partial charge is 0.269 e. The van der Waals surface area contributed by atoms with Crippen LogP contribution < -0.4 is 5.32 Å². The molecule has 0 saturated carbocycles. The van der Waals surface area contributed by atoms with E-state index in [1.54, 1.807) is 18.5 Å². The standard InChI is InChI=1S/C19H25N5O/c25-19(17-11-16(22-23-17)14-5-3-8-20-12-14)21-13-15-6-4-10-24-9-2-1-7-18(15)24/h3,5,8,11-12,15,18H,1-2,4,6-7,9-10,13H2,(H,21,25)(H,22,23)/t15-,18-/m1/s1. The highest BCUT2D eigenvalue weighted by Gasteiger charge is 2.33. The van der Waals surface area contributed by atoms with E-state index in [0.29, 0.717) is 17.7 Å². The average Bonchev–Trinajstić information content (AvgIpc) is 3.17. The molecule has 2 fully saturated rings. The highest BCUT2D eigenvalue weighted by atomic mass is 16.1. The topological polar surface area (TPSA) is 73.9 Å². The SMILES string of the molecule is O=C(NC[C@H]1CCCN2CCCC[C@H]12)c1cc(-c2cccnc2)n[nH]1. The van der Waals surface area contributed by atoms with Gasteiger partial charge >= 0.3 is 0 Å². The van der Waals surface area contributed by atoms with Gasteiger partial charge in [-0.1, -0.05) is 6.42 Å². The normalized spacial score (nSPS) is 23.8. The van der Waals surface area contributed by atoms with Crippen LogP contribution in [0.5, 0.6) is 0 Å². The molecule has 25 heavy (non-hydrogen) atoms. The van der Waals surface area contributed by atoms with E-state index in [0.717, 1.165) is 17.8 Å². The number of rotatable bonds is 4. The van der Waals surface area contributed by atoms with Crippen molar-refractivity contribution in [3.63, 3.8) is 0 Å². The number of aromatic amines is 1. The highest BCUT2D eigenvalue weighted by Crippen LogP contribution is 2.30. The predicted molar refractivity (Wildman–Crippen MR) is 96.1 cm³/mol. The molecule has 0 spiro atoms. The van der Waals surface area contributed by atoms with E-state index in [1.165, 1.54) is 45.2 Å². The molecule has 2 atom stereocenters. The van der Waals surface area contributed by atoms with Gasteiger partial charge in [-0.3, -0.25) is 14.9 Å². The van der Waals surface area contributed by atoms with Crippen LogP contribution in [0.25, 0.3) is 11.3 Å². The summed E-state index contributed by atoms with van der Waals surface area (Å²) in [5.74, 6) is 0.495. The molecule has 6 nitrogen and oxygen atoms in total. The maximum Gasteiger partial charge on any atom is 0.269 e. The molecule has 2 aromatic heterocycles. The minimum absolute atomic E-state index is 0.0735. The van der Waals surface area contributed by atoms with E-state index in [1.807, 2.05) is 12.1 Å². The van der Waals surface area contributed by atoms with Crippen LogP contribution >= 0.6 is 0 Å². The van der Waals surface area contributed by atoms with E-state index < -0.39 is 0 Å². The molecule has 2 aliphatic rings. The fraction of sp³-hybridized carbons (Fsp3) is 0.526. The maximum absolute atomic E-state index is 12.5. The van der Waals surface area contributed by atoms with E-state index in [4.69, 9.17) is 0 Å². The monoisotopic (exact) mass is 339 g/mol. The first-order valence-corrected chi connectivity index (χ1v) is 9.29. The van der Waals surface area contributed by atoms with Gasteiger partial charge in [-0.2, -0.15) is 5.10 Å². The van der Waals surface area contributed by atoms with Crippen LogP contribution in [0.1, 0.15) is 42.6 Å². The van der Waals surface area contributed by atoms with Gasteiger partial charge in [-0.25, -0.2) is 0 Å². The van der Waals surface area contributed by atoms with Gasteiger partial charge in [0.2, 0.25) is 0 Å². The van der Waals surface area contributed by atoms with Gasteiger partial charge in [0.25, 0.3) is 5.91 Å². The second kappa shape index (κ2) is 7.35. The molecule has 6 heteroatoms. The van der Waals surface area contributed by atoms with E-state index in [9.17, 15) is 4.79 Å². The summed E-state index contributed by atoms with van der Waals surface area (Å²) >= 11 is 0. The van der Waals surface area contributed by atoms with Crippen molar-refractivity contribution in [3.05, 3.63) is 36.3 Å². The molecule has 2 aromatic rings. The van der Waals surface area contributed by atoms with Gasteiger partial charge in [0.1, 0.15) is 5.69 Å². The maximum atomic E-state index is 12.5. The molecule has 0 bridgehead atoms. The van der Waals surface area contributed by atoms with Crippen molar-refractivity contribution in [1.82, 2.24) is 25.4 Å². The number of nitrogens with one attached hydrogen (secondary N) is 2. The molecule has 4 rings (SSSR count). The number of carbonyl (C=O) groups excluding carboxylic acids is 1. The number of fused-ring (bicyclic) bond motifs is 1. The lowest BCUT2D eigenvalue weighted by Gasteiger charge is -2.44. The van der Waals surface area contributed by atoms with E-state index >= 15 is 0 Å².